The summed E-state index contributed by atoms with van der Waals surface area (Å²) in [5.41, 5.74) is 7.11. The van der Waals surface area contributed by atoms with E-state index in [0.717, 1.165) is 23.8 Å². The van der Waals surface area contributed by atoms with Gasteiger partial charge in [0.05, 0.1) is 0 Å². The van der Waals surface area contributed by atoms with Crippen LogP contribution in [0.4, 0.5) is 11.6 Å². The van der Waals surface area contributed by atoms with Crippen LogP contribution in [0.1, 0.15) is 52.9 Å². The average Bonchev–Trinajstić information content (AvgIpc) is 2.17. The predicted octanol–water partition coefficient (Wildman–Crippen LogP) is 3.15. The second kappa shape index (κ2) is 4.99. The van der Waals surface area contributed by atoms with Crippen molar-refractivity contribution in [2.45, 2.75) is 53.9 Å². The molecule has 0 bridgehead atoms. The summed E-state index contributed by atoms with van der Waals surface area (Å²) in [6.07, 6.45) is 0. The Labute approximate surface area is 117 Å². The molecule has 1 heterocycles. The van der Waals surface area contributed by atoms with Gasteiger partial charge in [-0.05, 0) is 12.3 Å². The maximum Gasteiger partial charge on any atom is 0.138 e. The first kappa shape index (κ1) is 15.7. The smallest absolute Gasteiger partial charge is 0.138 e. The van der Waals surface area contributed by atoms with Crippen LogP contribution in [0.2, 0.25) is 0 Å². The zero-order chi connectivity index (χ0) is 15.0. The molecule has 1 aromatic rings. The van der Waals surface area contributed by atoms with Gasteiger partial charge in [0.15, 0.2) is 0 Å². The second-order valence-electron chi connectivity index (χ2n) is 7.55. The van der Waals surface area contributed by atoms with Gasteiger partial charge in [-0.1, -0.05) is 41.5 Å². The topological polar surface area (TPSA) is 55.0 Å². The van der Waals surface area contributed by atoms with Crippen LogP contribution in [0, 0.1) is 12.3 Å². The third kappa shape index (κ3) is 4.08. The van der Waals surface area contributed by atoms with Crippen molar-refractivity contribution in [2.75, 3.05) is 24.2 Å². The minimum Gasteiger partial charge on any atom is -0.383 e. The quantitative estimate of drug-likeness (QED) is 0.891. The van der Waals surface area contributed by atoms with Crippen LogP contribution in [0.15, 0.2) is 0 Å². The lowest BCUT2D eigenvalue weighted by atomic mass is 9.95. The van der Waals surface area contributed by atoms with Crippen LogP contribution in [-0.2, 0) is 5.41 Å². The molecule has 0 aliphatic heterocycles. The molecule has 108 valence electrons. The minimum atomic E-state index is -0.0981. The van der Waals surface area contributed by atoms with E-state index < -0.39 is 0 Å². The molecule has 0 fully saturated rings. The zero-order valence-electron chi connectivity index (χ0n) is 13.6. The standard InChI is InChI=1S/C15H28N4/c1-10-11(16)17-13(15(5,6)7)18-12(10)19(8)9-14(2,3)4/h9H2,1-8H3,(H2,16,17,18). The molecule has 0 aromatic carbocycles. The van der Waals surface area contributed by atoms with Crippen LogP contribution in [0.25, 0.3) is 0 Å². The Balaban J connectivity index is 3.23. The highest BCUT2D eigenvalue weighted by Crippen LogP contribution is 2.28. The van der Waals surface area contributed by atoms with Crippen LogP contribution >= 0.6 is 0 Å². The highest BCUT2D eigenvalue weighted by atomic mass is 15.2. The molecule has 0 saturated carbocycles. The van der Waals surface area contributed by atoms with Gasteiger partial charge < -0.3 is 10.6 Å². The molecule has 19 heavy (non-hydrogen) atoms. The fraction of sp³-hybridized carbons (Fsp3) is 0.733. The Morgan fingerprint density at radius 1 is 1.05 bits per heavy atom. The lowest BCUT2D eigenvalue weighted by Gasteiger charge is -2.30. The van der Waals surface area contributed by atoms with Gasteiger partial charge in [0, 0.05) is 24.6 Å². The normalized spacial score (nSPS) is 12.6. The van der Waals surface area contributed by atoms with Crippen molar-refractivity contribution < 1.29 is 0 Å². The predicted molar refractivity (Wildman–Crippen MR) is 82.6 cm³/mol. The van der Waals surface area contributed by atoms with Gasteiger partial charge in [0.1, 0.15) is 17.5 Å². The molecule has 0 atom stereocenters. The monoisotopic (exact) mass is 264 g/mol. The average molecular weight is 264 g/mol. The molecule has 4 heteroatoms. The van der Waals surface area contributed by atoms with Crippen molar-refractivity contribution in [3.05, 3.63) is 11.4 Å². The van der Waals surface area contributed by atoms with Gasteiger partial charge in [0.2, 0.25) is 0 Å². The van der Waals surface area contributed by atoms with E-state index in [1.54, 1.807) is 0 Å². The fourth-order valence-electron chi connectivity index (χ4n) is 2.02. The third-order valence-corrected chi connectivity index (χ3v) is 2.90. The van der Waals surface area contributed by atoms with Gasteiger partial charge in [-0.15, -0.1) is 0 Å². The van der Waals surface area contributed by atoms with Crippen molar-refractivity contribution in [3.8, 4) is 0 Å². The maximum absolute atomic E-state index is 6.04. The molecule has 1 aromatic heterocycles. The number of nitrogens with zero attached hydrogens (tertiary/aromatic N) is 3. The Morgan fingerprint density at radius 2 is 1.58 bits per heavy atom. The molecule has 0 unspecified atom stereocenters. The first-order chi connectivity index (χ1) is 8.42. The summed E-state index contributed by atoms with van der Waals surface area (Å²) in [6.45, 7) is 15.9. The van der Waals surface area contributed by atoms with E-state index in [1.807, 2.05) is 6.92 Å². The van der Waals surface area contributed by atoms with E-state index in [-0.39, 0.29) is 10.8 Å². The number of rotatable bonds is 2. The molecule has 0 radical (unpaired) electrons. The van der Waals surface area contributed by atoms with Crippen LogP contribution in [0.3, 0.4) is 0 Å². The summed E-state index contributed by atoms with van der Waals surface area (Å²) >= 11 is 0. The van der Waals surface area contributed by atoms with Gasteiger partial charge in [-0.2, -0.15) is 0 Å². The summed E-state index contributed by atoms with van der Waals surface area (Å²) in [5.74, 6) is 2.31. The van der Waals surface area contributed by atoms with E-state index in [4.69, 9.17) is 10.7 Å². The van der Waals surface area contributed by atoms with E-state index in [2.05, 4.69) is 58.5 Å². The third-order valence-electron chi connectivity index (χ3n) is 2.90. The number of hydrogen-bond acceptors (Lipinski definition) is 4. The van der Waals surface area contributed by atoms with E-state index in [9.17, 15) is 0 Å². The first-order valence-electron chi connectivity index (χ1n) is 6.77. The number of anilines is 2. The zero-order valence-corrected chi connectivity index (χ0v) is 13.6. The molecular formula is C15H28N4. The van der Waals surface area contributed by atoms with Gasteiger partial charge in [-0.3, -0.25) is 0 Å². The molecule has 1 rings (SSSR count). The Hall–Kier alpha value is -1.32. The van der Waals surface area contributed by atoms with Crippen LogP contribution < -0.4 is 10.6 Å². The van der Waals surface area contributed by atoms with E-state index >= 15 is 0 Å². The summed E-state index contributed by atoms with van der Waals surface area (Å²) in [7, 11) is 2.06. The minimum absolute atomic E-state index is 0.0981. The summed E-state index contributed by atoms with van der Waals surface area (Å²) in [4.78, 5) is 11.3. The Kier molecular flexibility index (Phi) is 4.13. The van der Waals surface area contributed by atoms with E-state index in [0.29, 0.717) is 5.82 Å². The van der Waals surface area contributed by atoms with Crippen LogP contribution in [0.5, 0.6) is 0 Å². The Bertz CT molecular complexity index is 452. The van der Waals surface area contributed by atoms with Crippen LogP contribution in [-0.4, -0.2) is 23.6 Å². The van der Waals surface area contributed by atoms with Gasteiger partial charge >= 0.3 is 0 Å². The second-order valence-corrected chi connectivity index (χ2v) is 7.55. The lowest BCUT2D eigenvalue weighted by molar-refractivity contribution is 0.417. The van der Waals surface area contributed by atoms with Crippen molar-refractivity contribution in [2.24, 2.45) is 5.41 Å². The SMILES string of the molecule is Cc1c(N)nc(C(C)(C)C)nc1N(C)CC(C)(C)C. The molecule has 0 aliphatic carbocycles. The molecule has 4 nitrogen and oxygen atoms in total. The number of hydrogen-bond donors (Lipinski definition) is 1. The highest BCUT2D eigenvalue weighted by molar-refractivity contribution is 5.56. The fourth-order valence-corrected chi connectivity index (χ4v) is 2.02. The van der Waals surface area contributed by atoms with Gasteiger partial charge in [0.25, 0.3) is 0 Å². The lowest BCUT2D eigenvalue weighted by Crippen LogP contribution is -2.31. The number of nitrogen functional groups attached to an aromatic ring is 1. The van der Waals surface area contributed by atoms with Crippen molar-refractivity contribution in [1.82, 2.24) is 9.97 Å². The molecule has 0 amide bonds. The first-order valence-corrected chi connectivity index (χ1v) is 6.77. The molecule has 0 aliphatic rings. The molecular weight excluding hydrogens is 236 g/mol. The highest BCUT2D eigenvalue weighted by Gasteiger charge is 2.23. The van der Waals surface area contributed by atoms with Crippen molar-refractivity contribution in [3.63, 3.8) is 0 Å². The van der Waals surface area contributed by atoms with Crippen molar-refractivity contribution >= 4 is 11.6 Å². The Morgan fingerprint density at radius 3 is 2.00 bits per heavy atom. The molecule has 0 saturated heterocycles. The summed E-state index contributed by atoms with van der Waals surface area (Å²) in [5, 5.41) is 0. The molecule has 0 spiro atoms. The number of nitrogens with two attached hydrogens (primary N) is 1. The maximum atomic E-state index is 6.04. The summed E-state index contributed by atoms with van der Waals surface area (Å²) in [6, 6.07) is 0. The van der Waals surface area contributed by atoms with Gasteiger partial charge in [-0.25, -0.2) is 9.97 Å². The largest absolute Gasteiger partial charge is 0.383 e. The van der Waals surface area contributed by atoms with E-state index in [1.165, 1.54) is 0 Å². The number of aromatic nitrogens is 2. The molecule has 2 N–H and O–H groups in total. The van der Waals surface area contributed by atoms with Crippen molar-refractivity contribution in [1.29, 1.82) is 0 Å². The summed E-state index contributed by atoms with van der Waals surface area (Å²) < 4.78 is 0.